The van der Waals surface area contributed by atoms with E-state index in [1.54, 1.807) is 34.1 Å². The number of rotatable bonds is 30. The summed E-state index contributed by atoms with van der Waals surface area (Å²) in [6, 6.07) is 10.6. The zero-order valence-electron chi connectivity index (χ0n) is 84.1. The molecule has 0 heterocycles. The number of hydrogen-bond donors (Lipinski definition) is 2. The summed E-state index contributed by atoms with van der Waals surface area (Å²) in [6.07, 6.45) is 23.5. The van der Waals surface area contributed by atoms with Gasteiger partial charge in [0.25, 0.3) is 0 Å². The van der Waals surface area contributed by atoms with Gasteiger partial charge in [-0.3, -0.25) is 17.8 Å². The smallest absolute Gasteiger partial charge is 0.238 e. The Kier molecular flexibility index (Phi) is 148. The molecule has 112 heavy (non-hydrogen) atoms. The molecule has 0 radical (unpaired) electrons. The van der Waals surface area contributed by atoms with Crippen molar-refractivity contribution in [3.05, 3.63) is 35.9 Å². The molecular formula is C102H225F4NO4S. The van der Waals surface area contributed by atoms with Crippen LogP contribution in [0.3, 0.4) is 0 Å². The summed E-state index contributed by atoms with van der Waals surface area (Å²) in [4.78, 5) is 10.1. The molecule has 0 bridgehead atoms. The number of halogens is 4. The number of aliphatic hydroxyl groups is 1. The molecule has 2 aliphatic carbocycles. The molecule has 1 unspecified atom stereocenters. The molecule has 2 fully saturated rings. The second-order valence-electron chi connectivity index (χ2n) is 38.6. The van der Waals surface area contributed by atoms with Crippen molar-refractivity contribution in [1.29, 1.82) is 0 Å². The van der Waals surface area contributed by atoms with Crippen LogP contribution in [-0.2, 0) is 25.5 Å². The van der Waals surface area contributed by atoms with Crippen LogP contribution < -0.4 is 5.73 Å². The molecule has 10 heteroatoms. The predicted molar refractivity (Wildman–Crippen MR) is 521 cm³/mol. The van der Waals surface area contributed by atoms with Crippen LogP contribution in [0.5, 0.6) is 0 Å². The Labute approximate surface area is 712 Å². The number of carbonyl (C=O) groups excluding carboxylic acids is 1. The summed E-state index contributed by atoms with van der Waals surface area (Å²) in [5, 5.41) is 8.45. The normalized spacial score (nSPS) is 12.0. The Morgan fingerprint density at radius 2 is 0.830 bits per heavy atom. The van der Waals surface area contributed by atoms with Gasteiger partial charge in [0.05, 0.1) is 13.3 Å². The van der Waals surface area contributed by atoms with Gasteiger partial charge in [0.15, 0.2) is 0 Å². The minimum Gasteiger partial charge on any atom is -0.396 e. The standard InChI is InChI=1S/C10H14.C7H14.2C7H16.C6H13F.C6H14O.C6H12.2C6H14.C5H10F2.C5H11F.C5H13N.C5H12OS.C5H12O.C5H10O.C5H12.C4H10.2CH4/c1-9(2)8-10-6-4-3-5-7-10;1-6(2)5-7-3-4-7;1-6(2)5-7(3)4;1-4-5-6-7(2)3;1-6(2)4-3-5-7;1-6(2)4-5-7-3;1-5(2)6-3-4-6;1-5(2)6(3)4;1-4-5-6(2)3;1-4(2)3-5(6)7;2*1-5(2)3-4-6;1-5(2)7(3,4)6;1-5(2)3-4-6;1-4(2)5(3)6;1-4-5(2)3;1-4(2)3;;/h3-7,9H,8H2,1-2H3;6-7H,3-5H2,1-2H3;6-7H,5H2,1-4H3;7H,4-6H2,1-3H3;6H,3-5H2,1-2H3;6H,4-5H2,1-3H3;5-6H,3-4H2,1-2H3;5-6H,1-4H3;6H,4-5H2,1-3H3;4-5H,3H2,1-2H3;5H,3-4H2,1-2H3;5H,3-4,6H2,1-2H3;5H,3H2,1-2,4H3;5-6H,3-4H2,1-2H3;4H,1-3H3;5H,4H2,1-3H3;4H,1-3H3;2*1H4. The number of unbranched alkanes of at least 4 members (excludes halogenated alkanes) is 1. The molecule has 696 valence electrons. The van der Waals surface area contributed by atoms with E-state index in [1.165, 1.54) is 95.5 Å². The summed E-state index contributed by atoms with van der Waals surface area (Å²) >= 11 is 0. The Morgan fingerprint density at radius 1 is 0.491 bits per heavy atom. The molecule has 5 nitrogen and oxygen atoms in total. The summed E-state index contributed by atoms with van der Waals surface area (Å²) in [6.45, 7) is 94.1. The molecular weight excluding hydrogens is 1410 g/mol. The van der Waals surface area contributed by atoms with Crippen molar-refractivity contribution in [2.24, 2.45) is 124 Å². The first-order valence-electron chi connectivity index (χ1n) is 45.3. The highest BCUT2D eigenvalue weighted by molar-refractivity contribution is 8.00. The lowest BCUT2D eigenvalue weighted by atomic mass is 10.0. The molecule has 0 amide bonds. The third-order valence-electron chi connectivity index (χ3n) is 16.1. The van der Waals surface area contributed by atoms with E-state index in [0.717, 1.165) is 128 Å². The van der Waals surface area contributed by atoms with Crippen molar-refractivity contribution in [3.63, 3.8) is 0 Å². The molecule has 0 aliphatic heterocycles. The van der Waals surface area contributed by atoms with Gasteiger partial charge in [0.1, 0.15) is 5.78 Å². The van der Waals surface area contributed by atoms with E-state index < -0.39 is 15.9 Å². The number of ether oxygens (including phenoxy) is 1. The lowest BCUT2D eigenvalue weighted by molar-refractivity contribution is -0.119. The van der Waals surface area contributed by atoms with E-state index in [0.29, 0.717) is 30.8 Å². The number of carbonyl (C=O) groups is 1. The first kappa shape index (κ1) is 148. The third kappa shape index (κ3) is 239. The first-order chi connectivity index (χ1) is 50.3. The summed E-state index contributed by atoms with van der Waals surface area (Å²) < 4.78 is 60.8. The van der Waals surface area contributed by atoms with Crippen LogP contribution in [0.1, 0.15) is 440 Å². The summed E-state index contributed by atoms with van der Waals surface area (Å²) in [7, 11) is -0.00227. The maximum atomic E-state index is 11.4. The second-order valence-corrected chi connectivity index (χ2v) is 41.6. The van der Waals surface area contributed by atoms with Crippen molar-refractivity contribution < 1.29 is 36.4 Å². The van der Waals surface area contributed by atoms with Gasteiger partial charge in [-0.25, -0.2) is 8.78 Å². The predicted octanol–water partition coefficient (Wildman–Crippen LogP) is 35.0. The highest BCUT2D eigenvalue weighted by atomic mass is 32.2. The number of methoxy groups -OCH3 is 1. The molecule has 3 N–H and O–H groups in total. The lowest BCUT2D eigenvalue weighted by Gasteiger charge is -2.05. The van der Waals surface area contributed by atoms with E-state index in [1.807, 2.05) is 41.5 Å². The average Bonchev–Trinajstić information content (AvgIpc) is 1.80. The zero-order chi connectivity index (χ0) is 90.3. The van der Waals surface area contributed by atoms with Crippen molar-refractivity contribution in [3.8, 4) is 0 Å². The van der Waals surface area contributed by atoms with Gasteiger partial charge >= 0.3 is 0 Å². The maximum absolute atomic E-state index is 11.4. The summed E-state index contributed by atoms with van der Waals surface area (Å²) in [5.41, 5.74) is 6.67. The fraction of sp³-hybridized carbons (Fsp3) is 0.922. The van der Waals surface area contributed by atoms with Crippen LogP contribution in [0.2, 0.25) is 0 Å². The molecule has 1 aromatic carbocycles. The van der Waals surface area contributed by atoms with E-state index in [4.69, 9.17) is 15.6 Å². The largest absolute Gasteiger partial charge is 0.396 e. The molecule has 0 spiro atoms. The molecule has 1 atom stereocenters. The zero-order valence-corrected chi connectivity index (χ0v) is 85.0. The van der Waals surface area contributed by atoms with Gasteiger partial charge in [0.2, 0.25) is 6.43 Å². The van der Waals surface area contributed by atoms with E-state index in [9.17, 15) is 26.6 Å². The van der Waals surface area contributed by atoms with E-state index in [-0.39, 0.29) is 57.5 Å². The highest BCUT2D eigenvalue weighted by Crippen LogP contribution is 2.36. The van der Waals surface area contributed by atoms with Crippen molar-refractivity contribution in [1.82, 2.24) is 0 Å². The van der Waals surface area contributed by atoms with Crippen LogP contribution in [0, 0.1) is 118 Å². The average molecular weight is 1640 g/mol. The lowest BCUT2D eigenvalue weighted by Crippen LogP contribution is -2.09. The topological polar surface area (TPSA) is 89.6 Å². The van der Waals surface area contributed by atoms with Gasteiger partial charge < -0.3 is 15.6 Å². The first-order valence-corrected chi connectivity index (χ1v) is 47.5. The number of alkyl halides is 4. The molecule has 1 aromatic rings. The van der Waals surface area contributed by atoms with Crippen LogP contribution >= 0.6 is 0 Å². The van der Waals surface area contributed by atoms with Gasteiger partial charge in [-0.2, -0.15) is 0 Å². The van der Waals surface area contributed by atoms with Crippen LogP contribution in [0.15, 0.2) is 30.3 Å². The quantitative estimate of drug-likeness (QED) is 0.0592. The van der Waals surface area contributed by atoms with Crippen LogP contribution in [0.4, 0.5) is 17.6 Å². The molecule has 2 aliphatic rings. The Hall–Kier alpha value is -1.49. The number of hydrogen-bond acceptors (Lipinski definition) is 5. The third-order valence-corrected chi connectivity index (χ3v) is 18.1. The molecule has 0 aromatic heterocycles. The van der Waals surface area contributed by atoms with Gasteiger partial charge in [0, 0.05) is 44.2 Å². The van der Waals surface area contributed by atoms with Gasteiger partial charge in [-0.05, 0) is 217 Å². The second kappa shape index (κ2) is 112. The molecule has 0 saturated heterocycles. The number of benzene rings is 1. The molecule has 3 rings (SSSR count). The van der Waals surface area contributed by atoms with Gasteiger partial charge in [-0.15, -0.1) is 0 Å². The Balaban J connectivity index is -0.0000000626. The van der Waals surface area contributed by atoms with E-state index in [2.05, 4.69) is 272 Å². The Bertz CT molecular complexity index is 1690. The number of Topliss-reactive ketones (excluding diaryl/α,β-unsaturated/α-hetero) is 1. The monoisotopic (exact) mass is 1640 g/mol. The van der Waals surface area contributed by atoms with E-state index >= 15 is 0 Å². The van der Waals surface area contributed by atoms with Crippen molar-refractivity contribution in [2.75, 3.05) is 46.5 Å². The minimum atomic E-state index is -2.12. The fourth-order valence-corrected chi connectivity index (χ4v) is 7.01. The van der Waals surface area contributed by atoms with Crippen molar-refractivity contribution in [2.45, 2.75) is 453 Å². The van der Waals surface area contributed by atoms with Crippen molar-refractivity contribution >= 4 is 21.2 Å². The number of nitrogens with two attached hydrogens (primary N) is 1. The maximum Gasteiger partial charge on any atom is 0.238 e. The SMILES string of the molecule is C.C.C=S(C)(=O)C(C)C.CC(=O)C(C)C.CC(C)C.CC(C)C(C)C.CC(C)C1CC1.CC(C)CC(C)C.CC(C)CC(F)F.CC(C)CC1CC1.CC(C)CCCF.CC(C)CCF.CC(C)CCN.CC(C)CCO.CC(C)Cc1ccccc1.CCC(C)C.CCCC(C)C.CCCCC(C)C.COCCC(C)C. The van der Waals surface area contributed by atoms with Crippen LogP contribution in [0.25, 0.3) is 0 Å². The molecule has 2 saturated carbocycles. The van der Waals surface area contributed by atoms with Gasteiger partial charge in [-0.1, -0.05) is 387 Å². The van der Waals surface area contributed by atoms with Crippen LogP contribution in [-0.4, -0.2) is 79.1 Å². The highest BCUT2D eigenvalue weighted by Gasteiger charge is 2.24. The Morgan fingerprint density at radius 3 is 0.911 bits per heavy atom. The number of aliphatic hydroxyl groups excluding tert-OH is 1. The summed E-state index contributed by atoms with van der Waals surface area (Å²) in [5.74, 6) is 19.3. The minimum absolute atomic E-state index is 0. The fourth-order valence-electron chi connectivity index (χ4n) is 7.01. The number of ketones is 1.